The molecule has 0 saturated carbocycles. The normalized spacial score (nSPS) is 12.3. The maximum Gasteiger partial charge on any atom is 0.272 e. The van der Waals surface area contributed by atoms with Crippen LogP contribution in [0.5, 0.6) is 5.75 Å². The molecule has 8 heteroatoms. The smallest absolute Gasteiger partial charge is 0.272 e. The van der Waals surface area contributed by atoms with Crippen LogP contribution in [0.2, 0.25) is 5.02 Å². The summed E-state index contributed by atoms with van der Waals surface area (Å²) in [6.07, 6.45) is -0.300. The van der Waals surface area contributed by atoms with E-state index in [4.69, 9.17) is 16.3 Å². The summed E-state index contributed by atoms with van der Waals surface area (Å²) in [5.41, 5.74) is 0.286. The van der Waals surface area contributed by atoms with E-state index in [0.29, 0.717) is 5.39 Å². The van der Waals surface area contributed by atoms with Crippen LogP contribution in [0.4, 0.5) is 8.78 Å². The highest BCUT2D eigenvalue weighted by molar-refractivity contribution is 7.91. The number of benzene rings is 1. The zero-order valence-corrected chi connectivity index (χ0v) is 11.4. The third-order valence-corrected chi connectivity index (χ3v) is 3.91. The lowest BCUT2D eigenvalue weighted by molar-refractivity contribution is 0.0826. The van der Waals surface area contributed by atoms with Crippen LogP contribution in [0, 0.1) is 0 Å². The number of aromatic nitrogens is 1. The quantitative estimate of drug-likeness (QED) is 0.944. The highest BCUT2D eigenvalue weighted by Crippen LogP contribution is 2.35. The first-order valence-corrected chi connectivity index (χ1v) is 7.48. The first-order chi connectivity index (χ1) is 8.80. The van der Waals surface area contributed by atoms with Crippen molar-refractivity contribution in [1.82, 2.24) is 4.98 Å². The lowest BCUT2D eigenvalue weighted by Crippen LogP contribution is -2.07. The van der Waals surface area contributed by atoms with Crippen molar-refractivity contribution in [2.45, 2.75) is 11.3 Å². The summed E-state index contributed by atoms with van der Waals surface area (Å²) in [5, 5.41) is 0.492. The summed E-state index contributed by atoms with van der Waals surface area (Å²) >= 11 is 5.87. The molecule has 1 heterocycles. The van der Waals surface area contributed by atoms with Crippen molar-refractivity contribution in [3.63, 3.8) is 0 Å². The van der Waals surface area contributed by atoms with Gasteiger partial charge in [-0.15, -0.1) is 0 Å². The Morgan fingerprint density at radius 3 is 2.68 bits per heavy atom. The van der Waals surface area contributed by atoms with E-state index in [9.17, 15) is 17.2 Å². The predicted molar refractivity (Wildman–Crippen MR) is 67.9 cm³/mol. The molecule has 0 aliphatic rings. The number of fused-ring (bicyclic) bond motifs is 1. The molecular weight excluding hydrogens is 300 g/mol. The Morgan fingerprint density at radius 2 is 2.11 bits per heavy atom. The van der Waals surface area contributed by atoms with E-state index in [2.05, 4.69) is 4.98 Å². The van der Waals surface area contributed by atoms with E-state index in [1.807, 2.05) is 0 Å². The molecule has 2 rings (SSSR count). The number of ether oxygens (including phenoxy) is 1. The minimum atomic E-state index is -3.43. The fourth-order valence-electron chi connectivity index (χ4n) is 1.72. The van der Waals surface area contributed by atoms with Crippen LogP contribution in [-0.4, -0.2) is 32.7 Å². The first-order valence-electron chi connectivity index (χ1n) is 5.21. The van der Waals surface area contributed by atoms with Crippen LogP contribution in [0.3, 0.4) is 0 Å². The Morgan fingerprint density at radius 1 is 1.42 bits per heavy atom. The number of sulfone groups is 1. The van der Waals surface area contributed by atoms with E-state index in [1.165, 1.54) is 18.3 Å². The van der Waals surface area contributed by atoms with Gasteiger partial charge in [-0.3, -0.25) is 0 Å². The van der Waals surface area contributed by atoms with Crippen LogP contribution in [0.1, 0.15) is 0 Å². The Bertz CT molecular complexity index is 712. The van der Waals surface area contributed by atoms with E-state index in [0.717, 1.165) is 6.26 Å². The van der Waals surface area contributed by atoms with Crippen molar-refractivity contribution < 1.29 is 21.9 Å². The minimum absolute atomic E-state index is 0.0226. The lowest BCUT2D eigenvalue weighted by atomic mass is 10.2. The topological polar surface area (TPSA) is 59.2 Å². The molecule has 104 valence electrons. The third-order valence-electron chi connectivity index (χ3n) is 2.48. The number of nitrogens with one attached hydrogen (secondary N) is 1. The first kappa shape index (κ1) is 14.1. The Hall–Kier alpha value is -1.34. The van der Waals surface area contributed by atoms with Crippen molar-refractivity contribution in [2.75, 3.05) is 12.9 Å². The van der Waals surface area contributed by atoms with Gasteiger partial charge in [0.2, 0.25) is 0 Å². The van der Waals surface area contributed by atoms with Gasteiger partial charge >= 0.3 is 0 Å². The largest absolute Gasteiger partial charge is 0.484 e. The summed E-state index contributed by atoms with van der Waals surface area (Å²) in [4.78, 5) is 2.76. The number of hydrogen-bond acceptors (Lipinski definition) is 3. The van der Waals surface area contributed by atoms with Crippen molar-refractivity contribution in [3.05, 3.63) is 23.4 Å². The van der Waals surface area contributed by atoms with Crippen molar-refractivity contribution in [3.8, 4) is 5.75 Å². The molecule has 1 aromatic carbocycles. The summed E-state index contributed by atoms with van der Waals surface area (Å²) in [6, 6.07) is 2.91. The Balaban J connectivity index is 2.58. The molecule has 0 radical (unpaired) electrons. The lowest BCUT2D eigenvalue weighted by Gasteiger charge is -2.08. The van der Waals surface area contributed by atoms with E-state index < -0.39 is 22.9 Å². The average molecular weight is 310 g/mol. The molecule has 2 aromatic rings. The molecule has 0 saturated heterocycles. The van der Waals surface area contributed by atoms with Crippen LogP contribution in [-0.2, 0) is 9.84 Å². The zero-order valence-electron chi connectivity index (χ0n) is 9.78. The van der Waals surface area contributed by atoms with Gasteiger partial charge in [-0.2, -0.15) is 0 Å². The zero-order chi connectivity index (χ0) is 14.2. The van der Waals surface area contributed by atoms with Gasteiger partial charge < -0.3 is 9.72 Å². The van der Waals surface area contributed by atoms with Gasteiger partial charge in [0.15, 0.2) is 15.6 Å². The van der Waals surface area contributed by atoms with Crippen molar-refractivity contribution >= 4 is 32.3 Å². The minimum Gasteiger partial charge on any atom is -0.484 e. The number of rotatable bonds is 4. The third kappa shape index (κ3) is 2.82. The van der Waals surface area contributed by atoms with Gasteiger partial charge in [0.1, 0.15) is 6.61 Å². The summed E-state index contributed by atoms with van der Waals surface area (Å²) in [6.45, 7) is -0.813. The number of hydrogen-bond donors (Lipinski definition) is 1. The SMILES string of the molecule is CS(=O)(=O)c1c[nH]c2c(OCC(F)F)c(Cl)ccc12. The molecule has 0 fully saturated rings. The van der Waals surface area contributed by atoms with Gasteiger partial charge in [-0.05, 0) is 12.1 Å². The second kappa shape index (κ2) is 4.97. The Kier molecular flexibility index (Phi) is 3.69. The molecule has 0 aliphatic heterocycles. The second-order valence-corrected chi connectivity index (χ2v) is 6.32. The molecule has 1 N–H and O–H groups in total. The van der Waals surface area contributed by atoms with E-state index in [-0.39, 0.29) is 21.2 Å². The van der Waals surface area contributed by atoms with Crippen LogP contribution >= 0.6 is 11.6 Å². The number of halogens is 3. The molecule has 0 spiro atoms. The average Bonchev–Trinajstić information content (AvgIpc) is 2.70. The van der Waals surface area contributed by atoms with Gasteiger partial charge in [-0.25, -0.2) is 17.2 Å². The van der Waals surface area contributed by atoms with Crippen LogP contribution < -0.4 is 4.74 Å². The molecule has 4 nitrogen and oxygen atoms in total. The molecular formula is C11H10ClF2NO3S. The van der Waals surface area contributed by atoms with E-state index >= 15 is 0 Å². The fourth-order valence-corrected chi connectivity index (χ4v) is 2.77. The maximum absolute atomic E-state index is 12.2. The molecule has 1 aromatic heterocycles. The summed E-state index contributed by atoms with van der Waals surface area (Å²) < 4.78 is 52.4. The van der Waals surface area contributed by atoms with Crippen molar-refractivity contribution in [2.24, 2.45) is 0 Å². The monoisotopic (exact) mass is 309 g/mol. The molecule has 0 bridgehead atoms. The highest BCUT2D eigenvalue weighted by atomic mass is 35.5. The second-order valence-electron chi connectivity index (χ2n) is 3.93. The number of H-pyrrole nitrogens is 1. The number of aromatic amines is 1. The van der Waals surface area contributed by atoms with E-state index in [1.54, 1.807) is 0 Å². The Labute approximate surface area is 113 Å². The van der Waals surface area contributed by atoms with Crippen LogP contribution in [0.15, 0.2) is 23.2 Å². The fraction of sp³-hybridized carbons (Fsp3) is 0.273. The summed E-state index contributed by atoms with van der Waals surface area (Å²) in [7, 11) is -3.43. The van der Waals surface area contributed by atoms with Gasteiger partial charge in [0.25, 0.3) is 6.43 Å². The molecule has 0 aliphatic carbocycles. The van der Waals surface area contributed by atoms with Gasteiger partial charge in [0.05, 0.1) is 15.4 Å². The summed E-state index contributed by atoms with van der Waals surface area (Å²) in [5.74, 6) is 0.0226. The van der Waals surface area contributed by atoms with Gasteiger partial charge in [0, 0.05) is 17.8 Å². The van der Waals surface area contributed by atoms with Gasteiger partial charge in [-0.1, -0.05) is 11.6 Å². The standard InChI is InChI=1S/C11H10ClF2NO3S/c1-19(16,17)8-4-15-10-6(8)2-3-7(12)11(10)18-5-9(13)14/h2-4,9,15H,5H2,1H3. The maximum atomic E-state index is 12.2. The molecule has 0 unspecified atom stereocenters. The molecule has 0 amide bonds. The van der Waals surface area contributed by atoms with Crippen LogP contribution in [0.25, 0.3) is 10.9 Å². The number of alkyl halides is 2. The molecule has 19 heavy (non-hydrogen) atoms. The predicted octanol–water partition coefficient (Wildman–Crippen LogP) is 2.87. The highest BCUT2D eigenvalue weighted by Gasteiger charge is 2.18. The molecule has 0 atom stereocenters. The van der Waals surface area contributed by atoms with Crippen molar-refractivity contribution in [1.29, 1.82) is 0 Å².